The van der Waals surface area contributed by atoms with Crippen LogP contribution in [0.25, 0.3) is 0 Å². The van der Waals surface area contributed by atoms with Crippen LogP contribution in [0.3, 0.4) is 0 Å². The first-order valence-corrected chi connectivity index (χ1v) is 6.36. The molecule has 0 aromatic carbocycles. The zero-order chi connectivity index (χ0) is 13.8. The lowest BCUT2D eigenvalue weighted by molar-refractivity contribution is 0.648. The standard InChI is InChI=1S/C11H13BrN6O/c1-3-4-18-11(19)10(12)8(5-15-18)13-6-9-16-14-7-17(9)2/h3,5,7,13H,1,4,6H2,2H3. The van der Waals surface area contributed by atoms with E-state index in [-0.39, 0.29) is 5.56 Å². The molecular weight excluding hydrogens is 312 g/mol. The second-order valence-corrected chi connectivity index (χ2v) is 4.65. The third-order valence-electron chi connectivity index (χ3n) is 2.53. The fraction of sp³-hybridized carbons (Fsp3) is 0.273. The van der Waals surface area contributed by atoms with E-state index in [2.05, 4.69) is 43.1 Å². The fourth-order valence-electron chi connectivity index (χ4n) is 1.48. The first kappa shape index (κ1) is 13.5. The van der Waals surface area contributed by atoms with Gasteiger partial charge in [0.25, 0.3) is 5.56 Å². The van der Waals surface area contributed by atoms with Gasteiger partial charge in [0.1, 0.15) is 10.8 Å². The van der Waals surface area contributed by atoms with Gasteiger partial charge in [-0.2, -0.15) is 5.10 Å². The summed E-state index contributed by atoms with van der Waals surface area (Å²) in [5, 5.41) is 14.9. The summed E-state index contributed by atoms with van der Waals surface area (Å²) in [5.41, 5.74) is 0.413. The second kappa shape index (κ2) is 5.79. The van der Waals surface area contributed by atoms with E-state index >= 15 is 0 Å². The van der Waals surface area contributed by atoms with E-state index in [1.807, 2.05) is 7.05 Å². The van der Waals surface area contributed by atoms with E-state index in [1.54, 1.807) is 23.2 Å². The lowest BCUT2D eigenvalue weighted by Gasteiger charge is -2.09. The van der Waals surface area contributed by atoms with Gasteiger partial charge in [-0.05, 0) is 15.9 Å². The number of hydrogen-bond acceptors (Lipinski definition) is 5. The maximum absolute atomic E-state index is 11.9. The molecule has 0 aliphatic carbocycles. The number of aromatic nitrogens is 5. The van der Waals surface area contributed by atoms with Gasteiger partial charge < -0.3 is 9.88 Å². The van der Waals surface area contributed by atoms with Crippen molar-refractivity contribution in [1.29, 1.82) is 0 Å². The number of allylic oxidation sites excluding steroid dienone is 1. The predicted octanol–water partition coefficient (Wildman–Crippen LogP) is 0.932. The summed E-state index contributed by atoms with van der Waals surface area (Å²) >= 11 is 3.27. The van der Waals surface area contributed by atoms with Crippen LogP contribution >= 0.6 is 15.9 Å². The maximum Gasteiger partial charge on any atom is 0.283 e. The number of nitrogens with zero attached hydrogens (tertiary/aromatic N) is 5. The first-order valence-electron chi connectivity index (χ1n) is 5.56. The predicted molar refractivity (Wildman–Crippen MR) is 74.7 cm³/mol. The number of hydrogen-bond donors (Lipinski definition) is 1. The van der Waals surface area contributed by atoms with Crippen molar-refractivity contribution in [3.05, 3.63) is 45.8 Å². The minimum absolute atomic E-state index is 0.206. The topological polar surface area (TPSA) is 77.6 Å². The highest BCUT2D eigenvalue weighted by Gasteiger charge is 2.09. The quantitative estimate of drug-likeness (QED) is 0.828. The van der Waals surface area contributed by atoms with Crippen molar-refractivity contribution in [1.82, 2.24) is 24.5 Å². The van der Waals surface area contributed by atoms with E-state index in [0.717, 1.165) is 5.82 Å². The smallest absolute Gasteiger partial charge is 0.283 e. The minimum atomic E-state index is -0.206. The molecule has 0 aliphatic rings. The molecule has 100 valence electrons. The Morgan fingerprint density at radius 2 is 2.37 bits per heavy atom. The van der Waals surface area contributed by atoms with Crippen LogP contribution in [-0.2, 0) is 20.1 Å². The van der Waals surface area contributed by atoms with Crippen molar-refractivity contribution >= 4 is 21.6 Å². The molecule has 0 atom stereocenters. The summed E-state index contributed by atoms with van der Waals surface area (Å²) in [6.07, 6.45) is 4.82. The lowest BCUT2D eigenvalue weighted by atomic mass is 10.4. The molecule has 1 N–H and O–H groups in total. The van der Waals surface area contributed by atoms with E-state index in [9.17, 15) is 4.79 Å². The zero-order valence-corrected chi connectivity index (χ0v) is 12.0. The van der Waals surface area contributed by atoms with E-state index in [0.29, 0.717) is 23.2 Å². The monoisotopic (exact) mass is 324 g/mol. The Labute approximate surface area is 118 Å². The first-order chi connectivity index (χ1) is 9.13. The van der Waals surface area contributed by atoms with Crippen LogP contribution in [0.15, 0.2) is 34.4 Å². The molecule has 0 unspecified atom stereocenters. The summed E-state index contributed by atoms with van der Waals surface area (Å²) in [6, 6.07) is 0. The molecule has 0 aliphatic heterocycles. The van der Waals surface area contributed by atoms with Crippen LogP contribution in [0.4, 0.5) is 5.69 Å². The average molecular weight is 325 g/mol. The Morgan fingerprint density at radius 1 is 1.58 bits per heavy atom. The van der Waals surface area contributed by atoms with Gasteiger partial charge in [0.2, 0.25) is 0 Å². The number of rotatable bonds is 5. The summed E-state index contributed by atoms with van der Waals surface area (Å²) < 4.78 is 3.56. The largest absolute Gasteiger partial charge is 0.375 e. The van der Waals surface area contributed by atoms with Crippen LogP contribution in [0.5, 0.6) is 0 Å². The van der Waals surface area contributed by atoms with Crippen LogP contribution in [0, 0.1) is 0 Å². The molecule has 2 aromatic rings. The van der Waals surface area contributed by atoms with Gasteiger partial charge >= 0.3 is 0 Å². The van der Waals surface area contributed by atoms with E-state index in [4.69, 9.17) is 0 Å². The molecule has 0 saturated carbocycles. The van der Waals surface area contributed by atoms with Crippen LogP contribution in [-0.4, -0.2) is 24.5 Å². The normalized spacial score (nSPS) is 10.4. The van der Waals surface area contributed by atoms with Gasteiger partial charge in [0.15, 0.2) is 5.82 Å². The van der Waals surface area contributed by atoms with E-state index in [1.165, 1.54) is 4.68 Å². The summed E-state index contributed by atoms with van der Waals surface area (Å²) in [4.78, 5) is 11.9. The van der Waals surface area contributed by atoms with Crippen molar-refractivity contribution < 1.29 is 0 Å². The van der Waals surface area contributed by atoms with Crippen molar-refractivity contribution in [3.8, 4) is 0 Å². The lowest BCUT2D eigenvalue weighted by Crippen LogP contribution is -2.24. The number of anilines is 1. The number of halogens is 1. The van der Waals surface area contributed by atoms with Gasteiger partial charge in [0, 0.05) is 7.05 Å². The third-order valence-corrected chi connectivity index (χ3v) is 3.30. The van der Waals surface area contributed by atoms with Crippen molar-refractivity contribution in [2.45, 2.75) is 13.1 Å². The average Bonchev–Trinajstić information content (AvgIpc) is 2.80. The number of nitrogens with one attached hydrogen (secondary N) is 1. The molecule has 0 saturated heterocycles. The van der Waals surface area contributed by atoms with Crippen LogP contribution in [0.2, 0.25) is 0 Å². The second-order valence-electron chi connectivity index (χ2n) is 3.86. The van der Waals surface area contributed by atoms with Gasteiger partial charge in [-0.25, -0.2) is 4.68 Å². The van der Waals surface area contributed by atoms with Crippen molar-refractivity contribution in [3.63, 3.8) is 0 Å². The van der Waals surface area contributed by atoms with Crippen LogP contribution < -0.4 is 10.9 Å². The SMILES string of the molecule is C=CCn1ncc(NCc2nncn2C)c(Br)c1=O. The molecule has 2 rings (SSSR count). The van der Waals surface area contributed by atoms with Gasteiger partial charge in [0.05, 0.1) is 25.0 Å². The molecule has 0 fully saturated rings. The molecule has 0 spiro atoms. The minimum Gasteiger partial charge on any atom is -0.375 e. The Bertz CT molecular complexity index is 647. The van der Waals surface area contributed by atoms with Crippen molar-refractivity contribution in [2.24, 2.45) is 7.05 Å². The molecule has 0 amide bonds. The third kappa shape index (κ3) is 2.90. The summed E-state index contributed by atoms with van der Waals surface area (Å²) in [5.74, 6) is 0.766. The molecule has 2 aromatic heterocycles. The zero-order valence-electron chi connectivity index (χ0n) is 10.4. The highest BCUT2D eigenvalue weighted by molar-refractivity contribution is 9.10. The van der Waals surface area contributed by atoms with Crippen molar-refractivity contribution in [2.75, 3.05) is 5.32 Å². The molecule has 7 nitrogen and oxygen atoms in total. The Balaban J connectivity index is 2.18. The van der Waals surface area contributed by atoms with E-state index < -0.39 is 0 Å². The molecule has 0 radical (unpaired) electrons. The fourth-order valence-corrected chi connectivity index (χ4v) is 1.93. The van der Waals surface area contributed by atoms with Gasteiger partial charge in [-0.1, -0.05) is 6.08 Å². The van der Waals surface area contributed by atoms with Gasteiger partial charge in [-0.15, -0.1) is 16.8 Å². The number of aryl methyl sites for hydroxylation is 1. The molecule has 8 heteroatoms. The maximum atomic E-state index is 11.9. The Hall–Kier alpha value is -1.96. The summed E-state index contributed by atoms with van der Waals surface area (Å²) in [6.45, 7) is 4.42. The highest BCUT2D eigenvalue weighted by atomic mass is 79.9. The molecule has 19 heavy (non-hydrogen) atoms. The highest BCUT2D eigenvalue weighted by Crippen LogP contribution is 2.16. The summed E-state index contributed by atoms with van der Waals surface area (Å²) in [7, 11) is 1.85. The molecule has 2 heterocycles. The van der Waals surface area contributed by atoms with Gasteiger partial charge in [-0.3, -0.25) is 4.79 Å². The molecule has 0 bridgehead atoms. The van der Waals surface area contributed by atoms with Crippen LogP contribution in [0.1, 0.15) is 5.82 Å². The Morgan fingerprint density at radius 3 is 3.00 bits per heavy atom. The Kier molecular flexibility index (Phi) is 4.10. The molecular formula is C11H13BrN6O.